The van der Waals surface area contributed by atoms with Crippen molar-refractivity contribution < 1.29 is 59.9 Å². The number of hydrogen-bond donors (Lipinski definition) is 8. The van der Waals surface area contributed by atoms with Gasteiger partial charge in [0.1, 0.15) is 36.3 Å². The predicted molar refractivity (Wildman–Crippen MR) is 157 cm³/mol. The minimum atomic E-state index is -1.55. The first-order valence-corrected chi connectivity index (χ1v) is 14.7. The maximum atomic E-state index is 12.8. The van der Waals surface area contributed by atoms with Crippen LogP contribution in [-0.4, -0.2) is 109 Å². The molecule has 2 aliphatic rings. The molecule has 2 aromatic carbocycles. The van der Waals surface area contributed by atoms with Gasteiger partial charge in [0.05, 0.1) is 31.5 Å². The molecule has 12 heteroatoms. The molecule has 0 saturated heterocycles. The number of ether oxygens (including phenoxy) is 3. The molecule has 44 heavy (non-hydrogen) atoms. The molecule has 242 valence electrons. The fourth-order valence-corrected chi connectivity index (χ4v) is 5.70. The van der Waals surface area contributed by atoms with Crippen LogP contribution in [0.5, 0.6) is 17.2 Å². The first-order valence-electron chi connectivity index (χ1n) is 14.7. The molecule has 8 N–H and O–H groups in total. The summed E-state index contributed by atoms with van der Waals surface area (Å²) in [6.07, 6.45) is -6.50. The van der Waals surface area contributed by atoms with E-state index in [4.69, 9.17) is 14.2 Å². The maximum absolute atomic E-state index is 12.8. The Morgan fingerprint density at radius 1 is 0.818 bits per heavy atom. The molecule has 2 fully saturated rings. The highest BCUT2D eigenvalue weighted by Crippen LogP contribution is 2.34. The number of hydrogen-bond acceptors (Lipinski definition) is 12. The Morgan fingerprint density at radius 3 is 2.23 bits per heavy atom. The number of aliphatic hydroxyl groups is 5. The van der Waals surface area contributed by atoms with E-state index in [2.05, 4.69) is 0 Å². The number of phenolic OH excluding ortho intramolecular Hbond substituents is 3. The van der Waals surface area contributed by atoms with E-state index in [9.17, 15) is 45.6 Å². The molecule has 0 amide bonds. The Hall–Kier alpha value is -3.23. The van der Waals surface area contributed by atoms with E-state index < -0.39 is 60.7 Å². The number of benzene rings is 2. The van der Waals surface area contributed by atoms with Crippen LogP contribution in [0.2, 0.25) is 0 Å². The van der Waals surface area contributed by atoms with Crippen molar-refractivity contribution in [2.24, 2.45) is 11.8 Å². The van der Waals surface area contributed by atoms with E-state index in [0.717, 1.165) is 6.08 Å². The van der Waals surface area contributed by atoms with E-state index in [-0.39, 0.29) is 49.2 Å². The molecule has 10 atom stereocenters. The van der Waals surface area contributed by atoms with Crippen molar-refractivity contribution in [3.63, 3.8) is 0 Å². The second-order valence-corrected chi connectivity index (χ2v) is 11.8. The van der Waals surface area contributed by atoms with Gasteiger partial charge < -0.3 is 55.1 Å². The molecule has 0 aromatic heterocycles. The molecule has 10 unspecified atom stereocenters. The lowest BCUT2D eigenvalue weighted by atomic mass is 9.80. The first kappa shape index (κ1) is 33.7. The van der Waals surface area contributed by atoms with Crippen LogP contribution in [0, 0.1) is 18.8 Å². The zero-order valence-electron chi connectivity index (χ0n) is 24.6. The Kier molecular flexibility index (Phi) is 11.2. The molecule has 0 bridgehead atoms. The number of carbonyl (C=O) groups is 1. The average Bonchev–Trinajstić information content (AvgIpc) is 2.99. The van der Waals surface area contributed by atoms with Gasteiger partial charge in [-0.15, -0.1) is 0 Å². The van der Waals surface area contributed by atoms with Gasteiger partial charge in [0, 0.05) is 12.0 Å². The molecular weight excluding hydrogens is 576 g/mol. The summed E-state index contributed by atoms with van der Waals surface area (Å²) in [4.78, 5) is 12.8. The van der Waals surface area contributed by atoms with Crippen LogP contribution in [0.4, 0.5) is 0 Å². The average molecular weight is 619 g/mol. The predicted octanol–water partition coefficient (Wildman–Crippen LogP) is 0.914. The lowest BCUT2D eigenvalue weighted by molar-refractivity contribution is -0.210. The van der Waals surface area contributed by atoms with Crippen LogP contribution in [-0.2, 0) is 25.4 Å². The number of carbonyl (C=O) groups excluding carboxylic acids is 1. The van der Waals surface area contributed by atoms with Gasteiger partial charge in [-0.1, -0.05) is 25.1 Å². The van der Waals surface area contributed by atoms with Crippen molar-refractivity contribution in [2.45, 2.75) is 81.9 Å². The molecule has 4 rings (SSSR count). The van der Waals surface area contributed by atoms with Crippen LogP contribution in [0.1, 0.15) is 36.5 Å². The Labute approximate surface area is 255 Å². The van der Waals surface area contributed by atoms with Gasteiger partial charge in [-0.3, -0.25) is 0 Å². The Morgan fingerprint density at radius 2 is 1.52 bits per heavy atom. The number of aryl methyl sites for hydroxylation is 1. The van der Waals surface area contributed by atoms with Gasteiger partial charge in [-0.2, -0.15) is 0 Å². The molecule has 0 aliphatic heterocycles. The normalized spacial score (nSPS) is 32.5. The van der Waals surface area contributed by atoms with Gasteiger partial charge in [-0.05, 0) is 73.1 Å². The molecule has 12 nitrogen and oxygen atoms in total. The van der Waals surface area contributed by atoms with Gasteiger partial charge in [0.2, 0.25) is 0 Å². The molecule has 0 spiro atoms. The zero-order chi connectivity index (χ0) is 32.1. The summed E-state index contributed by atoms with van der Waals surface area (Å²) in [6.45, 7) is 3.44. The van der Waals surface area contributed by atoms with Crippen LogP contribution in [0.15, 0.2) is 42.5 Å². The number of aliphatic hydroxyl groups excluding tert-OH is 5. The van der Waals surface area contributed by atoms with Crippen LogP contribution >= 0.6 is 0 Å². The van der Waals surface area contributed by atoms with Crippen molar-refractivity contribution in [1.82, 2.24) is 0 Å². The Balaban J connectivity index is 1.45. The standard InChI is InChI=1S/C32H42O12/c1-16-3-4-18(12-22(16)34)6-8-26(36)44-32-20(15-43-24-11-17(2)27(37)30(40)28(24)38)14-25(29(39)31(32)41)42-10-9-19-5-7-21(33)23(35)13-19/h3-8,12-13,17,20,24-25,27-35,37-41H,9-11,14-15H2,1-2H3/b8-6+. The smallest absolute Gasteiger partial charge is 0.331 e. The van der Waals surface area contributed by atoms with Crippen molar-refractivity contribution >= 4 is 12.0 Å². The van der Waals surface area contributed by atoms with Crippen LogP contribution < -0.4 is 0 Å². The highest BCUT2D eigenvalue weighted by molar-refractivity contribution is 5.87. The first-order chi connectivity index (χ1) is 20.8. The van der Waals surface area contributed by atoms with Crippen molar-refractivity contribution in [3.05, 3.63) is 59.2 Å². The number of rotatable bonds is 10. The lowest BCUT2D eigenvalue weighted by Crippen LogP contribution is -2.58. The van der Waals surface area contributed by atoms with E-state index in [1.807, 2.05) is 0 Å². The van der Waals surface area contributed by atoms with Gasteiger partial charge in [0.25, 0.3) is 0 Å². The SMILES string of the molecule is Cc1ccc(/C=C/C(=O)OC2C(COC3CC(C)C(O)C(O)C3O)CC(OCCc3ccc(O)c(O)c3)C(O)C2O)cc1O. The van der Waals surface area contributed by atoms with Gasteiger partial charge in [-0.25, -0.2) is 4.79 Å². The molecular formula is C32H42O12. The second kappa shape index (κ2) is 14.7. The summed E-state index contributed by atoms with van der Waals surface area (Å²) in [6, 6.07) is 9.24. The second-order valence-electron chi connectivity index (χ2n) is 11.8. The lowest BCUT2D eigenvalue weighted by Gasteiger charge is -2.43. The third-order valence-corrected chi connectivity index (χ3v) is 8.52. The third-order valence-electron chi connectivity index (χ3n) is 8.52. The van der Waals surface area contributed by atoms with E-state index in [1.54, 1.807) is 32.0 Å². The van der Waals surface area contributed by atoms with Gasteiger partial charge >= 0.3 is 5.97 Å². The molecule has 2 aromatic rings. The highest BCUT2D eigenvalue weighted by Gasteiger charge is 2.47. The van der Waals surface area contributed by atoms with Crippen molar-refractivity contribution in [3.8, 4) is 17.2 Å². The third kappa shape index (κ3) is 8.07. The van der Waals surface area contributed by atoms with Crippen molar-refractivity contribution in [1.29, 1.82) is 0 Å². The summed E-state index contributed by atoms with van der Waals surface area (Å²) in [5.74, 6) is -2.31. The monoisotopic (exact) mass is 618 g/mol. The van der Waals surface area contributed by atoms with Crippen LogP contribution in [0.3, 0.4) is 0 Å². The summed E-state index contributed by atoms with van der Waals surface area (Å²) in [5.41, 5.74) is 1.89. The maximum Gasteiger partial charge on any atom is 0.331 e. The van der Waals surface area contributed by atoms with E-state index in [1.165, 1.54) is 24.3 Å². The Bertz CT molecular complexity index is 1300. The largest absolute Gasteiger partial charge is 0.508 e. The highest BCUT2D eigenvalue weighted by atomic mass is 16.6. The molecule has 2 saturated carbocycles. The number of phenols is 3. The fourth-order valence-electron chi connectivity index (χ4n) is 5.70. The number of esters is 1. The summed E-state index contributed by atoms with van der Waals surface area (Å²) < 4.78 is 17.5. The molecule has 2 aliphatic carbocycles. The summed E-state index contributed by atoms with van der Waals surface area (Å²) >= 11 is 0. The summed E-state index contributed by atoms with van der Waals surface area (Å²) in [7, 11) is 0. The number of aromatic hydroxyl groups is 3. The van der Waals surface area contributed by atoms with Crippen molar-refractivity contribution in [2.75, 3.05) is 13.2 Å². The molecule has 0 radical (unpaired) electrons. The van der Waals surface area contributed by atoms with Gasteiger partial charge in [0.15, 0.2) is 11.5 Å². The molecule has 0 heterocycles. The quantitative estimate of drug-likeness (QED) is 0.106. The topological polar surface area (TPSA) is 207 Å². The van der Waals surface area contributed by atoms with E-state index in [0.29, 0.717) is 23.1 Å². The fraction of sp³-hybridized carbons (Fsp3) is 0.531. The minimum Gasteiger partial charge on any atom is -0.508 e. The van der Waals surface area contributed by atoms with E-state index >= 15 is 0 Å². The van der Waals surface area contributed by atoms with Crippen LogP contribution in [0.25, 0.3) is 6.08 Å². The minimum absolute atomic E-state index is 0.0636. The summed E-state index contributed by atoms with van der Waals surface area (Å²) in [5, 5.41) is 82.0. The zero-order valence-corrected chi connectivity index (χ0v) is 24.6.